The highest BCUT2D eigenvalue weighted by atomic mass is 32.1. The minimum absolute atomic E-state index is 0.750. The fourth-order valence-electron chi connectivity index (χ4n) is 2.47. The molecule has 3 aromatic heterocycles. The Labute approximate surface area is 122 Å². The summed E-state index contributed by atoms with van der Waals surface area (Å²) < 4.78 is 2.01. The van der Waals surface area contributed by atoms with Crippen LogP contribution in [0.2, 0.25) is 0 Å². The van der Waals surface area contributed by atoms with Gasteiger partial charge in [-0.05, 0) is 42.7 Å². The van der Waals surface area contributed by atoms with Gasteiger partial charge in [0.1, 0.15) is 0 Å². The van der Waals surface area contributed by atoms with Gasteiger partial charge in [-0.25, -0.2) is 0 Å². The van der Waals surface area contributed by atoms with Gasteiger partial charge < -0.3 is 4.40 Å². The van der Waals surface area contributed by atoms with Crippen molar-refractivity contribution in [3.05, 3.63) is 52.7 Å². The lowest BCUT2D eigenvalue weighted by atomic mass is 10.2. The average Bonchev–Trinajstić information content (AvgIpc) is 3.09. The maximum atomic E-state index is 11.5. The van der Waals surface area contributed by atoms with Crippen LogP contribution in [-0.4, -0.2) is 10.7 Å². The monoisotopic (exact) mass is 283 g/mol. The predicted octanol–water partition coefficient (Wildman–Crippen LogP) is 4.61. The van der Waals surface area contributed by atoms with Crippen molar-refractivity contribution in [3.8, 4) is 10.4 Å². The van der Waals surface area contributed by atoms with Crippen LogP contribution in [0.15, 0.2) is 36.5 Å². The zero-order valence-corrected chi connectivity index (χ0v) is 12.5. The van der Waals surface area contributed by atoms with Crippen molar-refractivity contribution in [2.75, 3.05) is 0 Å². The fraction of sp³-hybridized carbons (Fsp3) is 0.235. The summed E-state index contributed by atoms with van der Waals surface area (Å²) in [5.41, 5.74) is 4.10. The van der Waals surface area contributed by atoms with Crippen LogP contribution in [0.5, 0.6) is 0 Å². The Kier molecular flexibility index (Phi) is 3.45. The molecule has 3 heterocycles. The summed E-state index contributed by atoms with van der Waals surface area (Å²) in [5, 5.41) is 0. The summed E-state index contributed by atoms with van der Waals surface area (Å²) in [6.45, 7) is 4.28. The molecule has 0 spiro atoms. The maximum absolute atomic E-state index is 11.5. The molecule has 0 fully saturated rings. The van der Waals surface area contributed by atoms with Crippen LogP contribution in [0.1, 0.15) is 34.8 Å². The number of aryl methyl sites for hydroxylation is 2. The molecule has 3 heteroatoms. The molecule has 0 radical (unpaired) electrons. The van der Waals surface area contributed by atoms with Crippen LogP contribution in [-0.2, 0) is 12.8 Å². The minimum Gasteiger partial charge on any atom is -0.313 e. The summed E-state index contributed by atoms with van der Waals surface area (Å²) in [6, 6.07) is 10.6. The van der Waals surface area contributed by atoms with Crippen molar-refractivity contribution in [1.29, 1.82) is 0 Å². The predicted molar refractivity (Wildman–Crippen MR) is 84.9 cm³/mol. The standard InChI is InChI=1S/C17H17NOS/c1-3-12-5-6-13-9-15(16(11-19)18(13)10-12)17-8-7-14(4-2)20-17/h5-11H,3-4H2,1-2H3. The number of aromatic nitrogens is 1. The Balaban J connectivity index is 2.22. The van der Waals surface area contributed by atoms with Gasteiger partial charge in [0.05, 0.1) is 5.69 Å². The van der Waals surface area contributed by atoms with E-state index in [0.29, 0.717) is 0 Å². The van der Waals surface area contributed by atoms with Gasteiger partial charge in [-0.2, -0.15) is 0 Å². The molecule has 0 aliphatic carbocycles. The molecular weight excluding hydrogens is 266 g/mol. The number of aldehydes is 1. The van der Waals surface area contributed by atoms with Crippen molar-refractivity contribution >= 4 is 23.1 Å². The van der Waals surface area contributed by atoms with Gasteiger partial charge >= 0.3 is 0 Å². The molecule has 0 aliphatic rings. The summed E-state index contributed by atoms with van der Waals surface area (Å²) in [4.78, 5) is 14.1. The maximum Gasteiger partial charge on any atom is 0.167 e. The van der Waals surface area contributed by atoms with Crippen molar-refractivity contribution in [2.24, 2.45) is 0 Å². The van der Waals surface area contributed by atoms with Gasteiger partial charge in [-0.3, -0.25) is 4.79 Å². The molecule has 0 amide bonds. The van der Waals surface area contributed by atoms with E-state index in [4.69, 9.17) is 0 Å². The highest BCUT2D eigenvalue weighted by molar-refractivity contribution is 7.15. The molecular formula is C17H17NOS. The highest BCUT2D eigenvalue weighted by Gasteiger charge is 2.13. The van der Waals surface area contributed by atoms with E-state index in [1.165, 1.54) is 15.3 Å². The lowest BCUT2D eigenvalue weighted by molar-refractivity contribution is 0.111. The SMILES string of the molecule is CCc1ccc2cc(-c3ccc(CC)s3)c(C=O)n2c1. The normalized spacial score (nSPS) is 11.1. The van der Waals surface area contributed by atoms with Gasteiger partial charge in [0.2, 0.25) is 0 Å². The molecule has 3 aromatic rings. The van der Waals surface area contributed by atoms with Gasteiger partial charge in [-0.15, -0.1) is 11.3 Å². The Morgan fingerprint density at radius 1 is 1.15 bits per heavy atom. The Hall–Kier alpha value is -1.87. The van der Waals surface area contributed by atoms with Gasteiger partial charge in [-0.1, -0.05) is 19.9 Å². The summed E-state index contributed by atoms with van der Waals surface area (Å²) >= 11 is 1.77. The number of thiophene rings is 1. The number of fused-ring (bicyclic) bond motifs is 1. The molecule has 102 valence electrons. The van der Waals surface area contributed by atoms with E-state index < -0.39 is 0 Å². The quantitative estimate of drug-likeness (QED) is 0.641. The minimum atomic E-state index is 0.750. The first-order valence-electron chi connectivity index (χ1n) is 6.95. The number of hydrogen-bond acceptors (Lipinski definition) is 2. The summed E-state index contributed by atoms with van der Waals surface area (Å²) in [7, 11) is 0. The average molecular weight is 283 g/mol. The Morgan fingerprint density at radius 2 is 2.00 bits per heavy atom. The second kappa shape index (κ2) is 5.25. The lowest BCUT2D eigenvalue weighted by Crippen LogP contribution is -1.93. The number of carbonyl (C=O) groups excluding carboxylic acids is 1. The smallest absolute Gasteiger partial charge is 0.167 e. The van der Waals surface area contributed by atoms with E-state index in [9.17, 15) is 4.79 Å². The van der Waals surface area contributed by atoms with Crippen LogP contribution in [0.4, 0.5) is 0 Å². The van der Waals surface area contributed by atoms with Crippen LogP contribution in [0, 0.1) is 0 Å². The molecule has 0 unspecified atom stereocenters. The molecule has 20 heavy (non-hydrogen) atoms. The first-order chi connectivity index (χ1) is 9.76. The zero-order chi connectivity index (χ0) is 14.1. The molecule has 0 saturated carbocycles. The van der Waals surface area contributed by atoms with E-state index in [1.807, 2.05) is 4.40 Å². The number of nitrogens with zero attached hydrogens (tertiary/aromatic N) is 1. The molecule has 0 aliphatic heterocycles. The molecule has 0 saturated heterocycles. The van der Waals surface area contributed by atoms with Gasteiger partial charge in [0.15, 0.2) is 6.29 Å². The van der Waals surface area contributed by atoms with Crippen LogP contribution in [0.3, 0.4) is 0 Å². The number of pyridine rings is 1. The van der Waals surface area contributed by atoms with Crippen molar-refractivity contribution in [1.82, 2.24) is 4.40 Å². The van der Waals surface area contributed by atoms with E-state index >= 15 is 0 Å². The molecule has 0 N–H and O–H groups in total. The van der Waals surface area contributed by atoms with E-state index in [1.54, 1.807) is 11.3 Å². The Morgan fingerprint density at radius 3 is 2.65 bits per heavy atom. The second-order valence-corrected chi connectivity index (χ2v) is 6.03. The molecule has 0 atom stereocenters. The molecule has 2 nitrogen and oxygen atoms in total. The van der Waals surface area contributed by atoms with Crippen LogP contribution in [0.25, 0.3) is 16.0 Å². The fourth-order valence-corrected chi connectivity index (χ4v) is 3.45. The van der Waals surface area contributed by atoms with Crippen molar-refractivity contribution < 1.29 is 4.79 Å². The van der Waals surface area contributed by atoms with Gasteiger partial charge in [0.25, 0.3) is 0 Å². The first kappa shape index (κ1) is 13.1. The number of rotatable bonds is 4. The molecule has 3 rings (SSSR count). The van der Waals surface area contributed by atoms with Crippen LogP contribution >= 0.6 is 11.3 Å². The van der Waals surface area contributed by atoms with Gasteiger partial charge in [0, 0.05) is 27.0 Å². The van der Waals surface area contributed by atoms with Crippen LogP contribution < -0.4 is 0 Å². The van der Waals surface area contributed by atoms with E-state index in [2.05, 4.69) is 50.4 Å². The number of carbonyl (C=O) groups is 1. The third kappa shape index (κ3) is 2.08. The zero-order valence-electron chi connectivity index (χ0n) is 11.7. The largest absolute Gasteiger partial charge is 0.313 e. The Bertz CT molecular complexity index is 766. The summed E-state index contributed by atoms with van der Waals surface area (Å²) in [5.74, 6) is 0. The molecule has 0 bridgehead atoms. The topological polar surface area (TPSA) is 21.5 Å². The number of hydrogen-bond donors (Lipinski definition) is 0. The highest BCUT2D eigenvalue weighted by Crippen LogP contribution is 2.33. The molecule has 0 aromatic carbocycles. The van der Waals surface area contributed by atoms with E-state index in [0.717, 1.165) is 35.9 Å². The summed E-state index contributed by atoms with van der Waals surface area (Å²) in [6.07, 6.45) is 5.04. The van der Waals surface area contributed by atoms with Crippen molar-refractivity contribution in [2.45, 2.75) is 26.7 Å². The van der Waals surface area contributed by atoms with E-state index in [-0.39, 0.29) is 0 Å². The third-order valence-electron chi connectivity index (χ3n) is 3.66. The second-order valence-electron chi connectivity index (χ2n) is 4.87. The lowest BCUT2D eigenvalue weighted by Gasteiger charge is -2.01. The van der Waals surface area contributed by atoms with Crippen molar-refractivity contribution in [3.63, 3.8) is 0 Å². The third-order valence-corrected chi connectivity index (χ3v) is 4.93. The first-order valence-corrected chi connectivity index (χ1v) is 7.76.